The van der Waals surface area contributed by atoms with Gasteiger partial charge in [-0.05, 0) is 0 Å². The maximum absolute atomic E-state index is 5.86. The van der Waals surface area contributed by atoms with Gasteiger partial charge in [-0.25, -0.2) is 0 Å². The van der Waals surface area contributed by atoms with Crippen molar-refractivity contribution in [1.82, 2.24) is 0 Å². The van der Waals surface area contributed by atoms with E-state index in [9.17, 15) is 0 Å². The van der Waals surface area contributed by atoms with Gasteiger partial charge in [-0.2, -0.15) is 0 Å². The van der Waals surface area contributed by atoms with E-state index in [1.54, 1.807) is 0 Å². The molecule has 0 saturated heterocycles. The molecule has 0 aliphatic carbocycles. The molecule has 0 nitrogen and oxygen atoms in total. The van der Waals surface area contributed by atoms with Crippen LogP contribution in [0.5, 0.6) is 0 Å². The minimum absolute atomic E-state index is 0. The van der Waals surface area contributed by atoms with Gasteiger partial charge in [0.2, 0.25) is 0 Å². The minimum atomic E-state index is 0. The molecule has 0 bridgehead atoms. The molecule has 0 atom stereocenters. The molecular weight excluding hydrogens is 716 g/mol. The van der Waals surface area contributed by atoms with E-state index in [4.69, 9.17) is 166 Å². The average Bonchev–Trinajstić information content (AvgIpc) is 2.61. The van der Waals surface area contributed by atoms with Crippen LogP contribution in [-0.2, 0) is 44.7 Å². The van der Waals surface area contributed by atoms with Crippen molar-refractivity contribution < 1.29 is 19.5 Å². The normalized spacial score (nSPS) is 10.0. The largest absolute Gasteiger partial charge is 2.00 e. The molecule has 0 radical (unpaired) electrons. The molecule has 0 fully saturated rings. The maximum Gasteiger partial charge on any atom is 2.00 e. The first-order valence-corrected chi connectivity index (χ1v) is 11.6. The zero-order valence-corrected chi connectivity index (χ0v) is 26.9. The number of hydrogen-bond donors (Lipinski definition) is 0. The zero-order valence-electron chi connectivity index (χ0n) is 13.1. The first kappa shape index (κ1) is 31.6. The zero-order chi connectivity index (χ0) is 22.1. The van der Waals surface area contributed by atoms with Gasteiger partial charge in [0.1, 0.15) is 0 Å². The van der Waals surface area contributed by atoms with Gasteiger partial charge in [-0.3, -0.25) is 0 Å². The second-order valence-electron chi connectivity index (χ2n) is 4.46. The molecule has 152 valence electrons. The Hall–Kier alpha value is 2.58. The molecule has 0 aliphatic rings. The molecule has 0 saturated carbocycles. The summed E-state index contributed by atoms with van der Waals surface area (Å²) in [5, 5.41) is 1.12. The Balaban J connectivity index is 0.000000523. The topological polar surface area (TPSA) is 0 Å². The van der Waals surface area contributed by atoms with Gasteiger partial charge in [0, 0.05) is 11.1 Å². The van der Waals surface area contributed by atoms with Crippen molar-refractivity contribution in [2.75, 3.05) is 0 Å². The smallest absolute Gasteiger partial charge is 0.428 e. The standard InChI is InChI=1S/2C7HCl5S2.Zn/c2*8-2-1(7(13)14)3(9)5(11)6(12)4(2)10;/h2*(H,13,14);/q;;+2/p-2. The van der Waals surface area contributed by atoms with E-state index in [-0.39, 0.29) is 89.2 Å². The van der Waals surface area contributed by atoms with Crippen LogP contribution in [0.3, 0.4) is 0 Å². The van der Waals surface area contributed by atoms with Crippen LogP contribution in [0, 0.1) is 0 Å². The van der Waals surface area contributed by atoms with Gasteiger partial charge in [0.05, 0.1) is 50.2 Å². The summed E-state index contributed by atoms with van der Waals surface area (Å²) in [6, 6.07) is 0. The molecule has 2 aromatic rings. The Morgan fingerprint density at radius 2 is 0.552 bits per heavy atom. The number of rotatable bonds is 2. The van der Waals surface area contributed by atoms with Gasteiger partial charge in [0.15, 0.2) is 0 Å². The molecule has 0 aromatic heterocycles. The summed E-state index contributed by atoms with van der Waals surface area (Å²) >= 11 is 77.2. The van der Waals surface area contributed by atoms with Gasteiger partial charge in [-0.15, -0.1) is 8.39 Å². The molecule has 2 rings (SSSR count). The number of halogens is 10. The third kappa shape index (κ3) is 7.28. The van der Waals surface area contributed by atoms with Crippen molar-refractivity contribution in [3.05, 3.63) is 61.4 Å². The molecular formula is C14Cl10S4Zn. The monoisotopic (exact) mass is 710 g/mol. The number of thiocarbonyl (C=S) groups is 2. The van der Waals surface area contributed by atoms with Crippen LogP contribution in [0.1, 0.15) is 11.1 Å². The third-order valence-electron chi connectivity index (χ3n) is 2.83. The number of hydrogen-bond acceptors (Lipinski definition) is 4. The fourth-order valence-corrected chi connectivity index (χ4v) is 5.49. The van der Waals surface area contributed by atoms with E-state index in [1.807, 2.05) is 0 Å². The van der Waals surface area contributed by atoms with E-state index in [0.717, 1.165) is 0 Å². The summed E-state index contributed by atoms with van der Waals surface area (Å²) < 4.78 is 0.195. The third-order valence-corrected chi connectivity index (χ3v) is 8.20. The van der Waals surface area contributed by atoms with Crippen LogP contribution in [0.2, 0.25) is 50.2 Å². The minimum Gasteiger partial charge on any atom is -0.428 e. The van der Waals surface area contributed by atoms with Gasteiger partial charge in [0.25, 0.3) is 0 Å². The van der Waals surface area contributed by atoms with Crippen LogP contribution in [0.4, 0.5) is 0 Å². The summed E-state index contributed by atoms with van der Waals surface area (Å²) in [5.41, 5.74) is 0.551. The summed E-state index contributed by atoms with van der Waals surface area (Å²) in [6.45, 7) is 0. The summed E-state index contributed by atoms with van der Waals surface area (Å²) in [5.74, 6) is 0. The Labute approximate surface area is 251 Å². The fraction of sp³-hybridized carbons (Fsp3) is 0. The molecule has 15 heteroatoms. The van der Waals surface area contributed by atoms with Crippen LogP contribution in [0.25, 0.3) is 0 Å². The van der Waals surface area contributed by atoms with Crippen molar-refractivity contribution in [3.8, 4) is 0 Å². The van der Waals surface area contributed by atoms with Crippen molar-refractivity contribution in [2.24, 2.45) is 0 Å². The van der Waals surface area contributed by atoms with E-state index in [1.165, 1.54) is 0 Å². The summed E-state index contributed by atoms with van der Waals surface area (Å²) in [7, 11) is 0. The maximum atomic E-state index is 5.86. The second kappa shape index (κ2) is 13.5. The van der Waals surface area contributed by atoms with E-state index >= 15 is 0 Å². The van der Waals surface area contributed by atoms with Gasteiger partial charge < -0.3 is 49.7 Å². The number of benzene rings is 2. The van der Waals surface area contributed by atoms with Crippen LogP contribution in [-0.4, -0.2) is 8.39 Å². The molecule has 2 aromatic carbocycles. The Kier molecular flexibility index (Phi) is 14.7. The first-order valence-electron chi connectivity index (χ1n) is 6.21. The molecule has 0 spiro atoms. The Bertz CT molecular complexity index is 858. The average molecular weight is 716 g/mol. The van der Waals surface area contributed by atoms with E-state index in [0.29, 0.717) is 0 Å². The predicted molar refractivity (Wildman–Crippen MR) is 141 cm³/mol. The van der Waals surface area contributed by atoms with Crippen molar-refractivity contribution >= 4 is 174 Å². The van der Waals surface area contributed by atoms with E-state index in [2.05, 4.69) is 0 Å². The SMILES string of the molecule is S=C([S-])c1c(Cl)c(Cl)c(Cl)c(Cl)c1Cl.S=C([S-])c1c(Cl)c(Cl)c(Cl)c(Cl)c1Cl.[Zn+2]. The first-order chi connectivity index (χ1) is 12.7. The molecule has 0 heterocycles. The predicted octanol–water partition coefficient (Wildman–Crippen LogP) is 10.3. The van der Waals surface area contributed by atoms with Gasteiger partial charge >= 0.3 is 19.5 Å². The second-order valence-corrected chi connectivity index (χ2v) is 10.4. The molecule has 0 N–H and O–H groups in total. The van der Waals surface area contributed by atoms with Crippen LogP contribution in [0.15, 0.2) is 0 Å². The van der Waals surface area contributed by atoms with Gasteiger partial charge in [-0.1, -0.05) is 116 Å². The fourth-order valence-electron chi connectivity index (χ4n) is 1.57. The van der Waals surface area contributed by atoms with Crippen molar-refractivity contribution in [3.63, 3.8) is 0 Å². The van der Waals surface area contributed by atoms with Crippen molar-refractivity contribution in [2.45, 2.75) is 0 Å². The molecule has 0 aliphatic heterocycles. The van der Waals surface area contributed by atoms with Crippen LogP contribution >= 0.6 is 140 Å². The quantitative estimate of drug-likeness (QED) is 0.0998. The summed E-state index contributed by atoms with van der Waals surface area (Å²) in [4.78, 5) is 0. The molecule has 0 amide bonds. The molecule has 29 heavy (non-hydrogen) atoms. The Morgan fingerprint density at radius 1 is 0.414 bits per heavy atom. The summed E-state index contributed by atoms with van der Waals surface area (Å²) in [6.07, 6.45) is 0. The van der Waals surface area contributed by atoms with Crippen LogP contribution < -0.4 is 0 Å². The van der Waals surface area contributed by atoms with E-state index < -0.39 is 0 Å². The van der Waals surface area contributed by atoms with Crippen molar-refractivity contribution in [1.29, 1.82) is 0 Å². The Morgan fingerprint density at radius 3 is 0.690 bits per heavy atom. The molecule has 0 unspecified atom stereocenters.